The Morgan fingerprint density at radius 2 is 2.00 bits per heavy atom. The zero-order valence-corrected chi connectivity index (χ0v) is 18.9. The van der Waals surface area contributed by atoms with E-state index < -0.39 is 4.92 Å². The fourth-order valence-corrected chi connectivity index (χ4v) is 4.16. The van der Waals surface area contributed by atoms with Gasteiger partial charge in [-0.2, -0.15) is 9.78 Å². The molecule has 1 aromatic heterocycles. The molecule has 0 saturated heterocycles. The minimum atomic E-state index is -0.457. The van der Waals surface area contributed by atoms with E-state index in [4.69, 9.17) is 9.72 Å². The van der Waals surface area contributed by atoms with Crippen molar-refractivity contribution in [3.05, 3.63) is 74.3 Å². The van der Waals surface area contributed by atoms with Crippen molar-refractivity contribution in [2.24, 2.45) is 5.10 Å². The highest BCUT2D eigenvalue weighted by atomic mass is 16.6. The second-order valence-electron chi connectivity index (χ2n) is 8.50. The highest BCUT2D eigenvalue weighted by molar-refractivity contribution is 5.85. The zero-order valence-electron chi connectivity index (χ0n) is 18.9. The molecule has 1 atom stereocenters. The molecule has 1 saturated carbocycles. The third kappa shape index (κ3) is 4.94. The number of fused-ring (bicyclic) bond motifs is 1. The van der Waals surface area contributed by atoms with Gasteiger partial charge in [0.1, 0.15) is 11.6 Å². The molecule has 3 aromatic rings. The third-order valence-electron chi connectivity index (χ3n) is 6.17. The molecule has 0 bridgehead atoms. The second kappa shape index (κ2) is 9.94. The quantitative estimate of drug-likeness (QED) is 0.273. The molecule has 33 heavy (non-hydrogen) atoms. The van der Waals surface area contributed by atoms with Crippen LogP contribution in [-0.2, 0) is 0 Å². The number of non-ortho nitro benzene ring substituents is 1. The summed E-state index contributed by atoms with van der Waals surface area (Å²) in [6, 6.07) is 11.7. The number of hydrogen-bond donors (Lipinski definition) is 0. The van der Waals surface area contributed by atoms with Crippen LogP contribution in [0.2, 0.25) is 0 Å². The average molecular weight is 449 g/mol. The van der Waals surface area contributed by atoms with Crippen molar-refractivity contribution >= 4 is 22.8 Å². The molecule has 1 aliphatic rings. The standard InChI is InChI=1S/C25H28N4O4/c1-3-17(2)33-23-14-13-20(29(31)32)15-19(23)16-26-28-24(18-9-5-4-6-10-18)27-22-12-8-7-11-21(22)25(28)30/h7-8,11-18H,3-6,9-10H2,1-2H3/t17-/m0/s1. The topological polar surface area (TPSA) is 99.6 Å². The van der Waals surface area contributed by atoms with Crippen LogP contribution in [0.5, 0.6) is 5.75 Å². The molecule has 0 aliphatic heterocycles. The molecule has 0 N–H and O–H groups in total. The maximum Gasteiger partial charge on any atom is 0.282 e. The lowest BCUT2D eigenvalue weighted by Crippen LogP contribution is -2.25. The first-order valence-corrected chi connectivity index (χ1v) is 11.5. The number of ether oxygens (including phenoxy) is 1. The summed E-state index contributed by atoms with van der Waals surface area (Å²) < 4.78 is 7.31. The average Bonchev–Trinajstić information content (AvgIpc) is 2.84. The number of para-hydroxylation sites is 1. The van der Waals surface area contributed by atoms with Crippen LogP contribution in [-0.4, -0.2) is 26.9 Å². The van der Waals surface area contributed by atoms with Crippen molar-refractivity contribution in [3.8, 4) is 5.75 Å². The molecule has 4 rings (SSSR count). The predicted molar refractivity (Wildman–Crippen MR) is 128 cm³/mol. The van der Waals surface area contributed by atoms with E-state index in [1.165, 1.54) is 29.4 Å². The summed E-state index contributed by atoms with van der Waals surface area (Å²) in [5, 5.41) is 16.3. The lowest BCUT2D eigenvalue weighted by Gasteiger charge is -2.22. The predicted octanol–water partition coefficient (Wildman–Crippen LogP) is 5.41. The Labute approximate surface area is 192 Å². The maximum absolute atomic E-state index is 13.4. The summed E-state index contributed by atoms with van der Waals surface area (Å²) >= 11 is 0. The van der Waals surface area contributed by atoms with Crippen molar-refractivity contribution in [3.63, 3.8) is 0 Å². The number of hydrogen-bond acceptors (Lipinski definition) is 6. The summed E-state index contributed by atoms with van der Waals surface area (Å²) in [5.74, 6) is 1.28. The van der Waals surface area contributed by atoms with E-state index in [0.29, 0.717) is 28.0 Å². The highest BCUT2D eigenvalue weighted by Crippen LogP contribution is 2.32. The van der Waals surface area contributed by atoms with Crippen LogP contribution in [0.1, 0.15) is 69.7 Å². The molecule has 0 spiro atoms. The Hall–Kier alpha value is -3.55. The van der Waals surface area contributed by atoms with E-state index in [9.17, 15) is 14.9 Å². The van der Waals surface area contributed by atoms with Gasteiger partial charge in [0.15, 0.2) is 0 Å². The van der Waals surface area contributed by atoms with E-state index in [1.807, 2.05) is 26.0 Å². The first-order valence-electron chi connectivity index (χ1n) is 11.5. The van der Waals surface area contributed by atoms with E-state index >= 15 is 0 Å². The number of nitrogens with zero attached hydrogens (tertiary/aromatic N) is 4. The van der Waals surface area contributed by atoms with Crippen molar-refractivity contribution in [1.29, 1.82) is 0 Å². The molecule has 0 unspecified atom stereocenters. The molecule has 8 heteroatoms. The van der Waals surface area contributed by atoms with Crippen molar-refractivity contribution in [1.82, 2.24) is 9.66 Å². The van der Waals surface area contributed by atoms with E-state index in [0.717, 1.165) is 32.1 Å². The lowest BCUT2D eigenvalue weighted by atomic mass is 9.88. The molecule has 1 heterocycles. The molecular formula is C25H28N4O4. The first kappa shape index (κ1) is 22.6. The molecule has 2 aromatic carbocycles. The Kier molecular flexibility index (Phi) is 6.82. The smallest absolute Gasteiger partial charge is 0.282 e. The van der Waals surface area contributed by atoms with Crippen LogP contribution >= 0.6 is 0 Å². The summed E-state index contributed by atoms with van der Waals surface area (Å²) in [6.07, 6.45) is 7.47. The molecule has 0 amide bonds. The normalized spacial score (nSPS) is 15.7. The van der Waals surface area contributed by atoms with Crippen LogP contribution in [0.3, 0.4) is 0 Å². The van der Waals surface area contributed by atoms with Gasteiger partial charge in [-0.1, -0.05) is 38.3 Å². The first-order chi connectivity index (χ1) is 16.0. The number of nitro benzene ring substituents is 1. The summed E-state index contributed by atoms with van der Waals surface area (Å²) in [4.78, 5) is 29.1. The van der Waals surface area contributed by atoms with Crippen LogP contribution in [0.4, 0.5) is 5.69 Å². The van der Waals surface area contributed by atoms with Crippen LogP contribution in [0, 0.1) is 10.1 Å². The molecule has 1 aliphatic carbocycles. The number of benzene rings is 2. The van der Waals surface area contributed by atoms with Crippen molar-refractivity contribution < 1.29 is 9.66 Å². The summed E-state index contributed by atoms with van der Waals surface area (Å²) in [6.45, 7) is 3.93. The van der Waals surface area contributed by atoms with Gasteiger partial charge in [0.05, 0.1) is 28.1 Å². The van der Waals surface area contributed by atoms with E-state index in [1.54, 1.807) is 18.2 Å². The molecular weight excluding hydrogens is 420 g/mol. The van der Waals surface area contributed by atoms with Gasteiger partial charge in [-0.3, -0.25) is 14.9 Å². The molecule has 0 radical (unpaired) electrons. The third-order valence-corrected chi connectivity index (χ3v) is 6.17. The van der Waals surface area contributed by atoms with Gasteiger partial charge >= 0.3 is 0 Å². The van der Waals surface area contributed by atoms with E-state index in [-0.39, 0.29) is 23.3 Å². The van der Waals surface area contributed by atoms with E-state index in [2.05, 4.69) is 5.10 Å². The Balaban J connectivity index is 1.83. The zero-order chi connectivity index (χ0) is 23.4. The minimum Gasteiger partial charge on any atom is -0.490 e. The van der Waals surface area contributed by atoms with Gasteiger partial charge < -0.3 is 4.74 Å². The number of aromatic nitrogens is 2. The van der Waals surface area contributed by atoms with Crippen LogP contribution in [0.25, 0.3) is 10.9 Å². The van der Waals surface area contributed by atoms with Gasteiger partial charge in [-0.05, 0) is 44.4 Å². The Morgan fingerprint density at radius 3 is 2.73 bits per heavy atom. The van der Waals surface area contributed by atoms with Crippen LogP contribution < -0.4 is 10.3 Å². The molecule has 8 nitrogen and oxygen atoms in total. The number of nitro groups is 1. The summed E-state index contributed by atoms with van der Waals surface area (Å²) in [7, 11) is 0. The largest absolute Gasteiger partial charge is 0.490 e. The monoisotopic (exact) mass is 448 g/mol. The fourth-order valence-electron chi connectivity index (χ4n) is 4.16. The van der Waals surface area contributed by atoms with Gasteiger partial charge in [0.25, 0.3) is 11.2 Å². The summed E-state index contributed by atoms with van der Waals surface area (Å²) in [5.41, 5.74) is 0.793. The van der Waals surface area contributed by atoms with Crippen molar-refractivity contribution in [2.45, 2.75) is 64.4 Å². The van der Waals surface area contributed by atoms with Gasteiger partial charge in [0, 0.05) is 23.6 Å². The van der Waals surface area contributed by atoms with Crippen molar-refractivity contribution in [2.75, 3.05) is 0 Å². The Morgan fingerprint density at radius 1 is 1.24 bits per heavy atom. The number of rotatable bonds is 7. The van der Waals surface area contributed by atoms with Crippen LogP contribution in [0.15, 0.2) is 52.4 Å². The minimum absolute atomic E-state index is 0.0653. The Bertz CT molecular complexity index is 1240. The van der Waals surface area contributed by atoms with Gasteiger partial charge in [-0.15, -0.1) is 0 Å². The fraction of sp³-hybridized carbons (Fsp3) is 0.400. The second-order valence-corrected chi connectivity index (χ2v) is 8.50. The lowest BCUT2D eigenvalue weighted by molar-refractivity contribution is -0.384. The molecule has 1 fully saturated rings. The maximum atomic E-state index is 13.4. The van der Waals surface area contributed by atoms with Gasteiger partial charge in [0.2, 0.25) is 0 Å². The molecule has 172 valence electrons. The SMILES string of the molecule is CC[C@H](C)Oc1ccc([N+](=O)[O-])cc1C=Nn1c(C2CCCCC2)nc2ccccc2c1=O. The van der Waals surface area contributed by atoms with Gasteiger partial charge in [-0.25, -0.2) is 4.98 Å². The highest BCUT2D eigenvalue weighted by Gasteiger charge is 2.22.